The van der Waals surface area contributed by atoms with E-state index in [0.29, 0.717) is 25.3 Å². The third-order valence-corrected chi connectivity index (χ3v) is 5.30. The zero-order valence-electron chi connectivity index (χ0n) is 17.2. The van der Waals surface area contributed by atoms with Gasteiger partial charge >= 0.3 is 0 Å². The van der Waals surface area contributed by atoms with Gasteiger partial charge in [-0.15, -0.1) is 0 Å². The zero-order chi connectivity index (χ0) is 22.7. The number of amides is 2. The predicted octanol–water partition coefficient (Wildman–Crippen LogP) is 2.83. The number of nitrogens with zero attached hydrogens (tertiary/aromatic N) is 4. The van der Waals surface area contributed by atoms with E-state index in [4.69, 9.17) is 5.73 Å². The number of halogens is 1. The first kappa shape index (κ1) is 21.2. The molecule has 3 N–H and O–H groups in total. The molecule has 0 saturated carbocycles. The predicted molar refractivity (Wildman–Crippen MR) is 116 cm³/mol. The molecular formula is C23H21FN6O2. The summed E-state index contributed by atoms with van der Waals surface area (Å²) in [5.41, 5.74) is 7.33. The first-order valence-corrected chi connectivity index (χ1v) is 10.2. The normalized spacial score (nSPS) is 13.1. The third kappa shape index (κ3) is 4.22. The highest BCUT2D eigenvalue weighted by atomic mass is 19.1. The molecule has 2 amide bonds. The van der Waals surface area contributed by atoms with E-state index < -0.39 is 11.7 Å². The Hall–Kier alpha value is -4.03. The summed E-state index contributed by atoms with van der Waals surface area (Å²) in [5.74, 6) is -1.59. The highest BCUT2D eigenvalue weighted by Gasteiger charge is 2.22. The van der Waals surface area contributed by atoms with E-state index in [-0.39, 0.29) is 28.5 Å². The number of carbonyl (C=O) groups excluding carboxylic acids is 2. The van der Waals surface area contributed by atoms with Crippen LogP contribution in [0.4, 0.5) is 10.1 Å². The fourth-order valence-corrected chi connectivity index (χ4v) is 3.65. The van der Waals surface area contributed by atoms with Crippen molar-refractivity contribution in [2.24, 2.45) is 5.73 Å². The summed E-state index contributed by atoms with van der Waals surface area (Å²) in [6, 6.07) is 14.3. The van der Waals surface area contributed by atoms with Gasteiger partial charge in [-0.05, 0) is 48.7 Å². The van der Waals surface area contributed by atoms with Crippen LogP contribution in [0, 0.1) is 17.1 Å². The van der Waals surface area contributed by atoms with E-state index in [1.165, 1.54) is 22.9 Å². The molecule has 1 aliphatic rings. The van der Waals surface area contributed by atoms with Gasteiger partial charge in [0, 0.05) is 31.3 Å². The van der Waals surface area contributed by atoms with E-state index >= 15 is 0 Å². The molecule has 0 atom stereocenters. The molecule has 1 aliphatic heterocycles. The standard InChI is InChI=1S/C23H21FN6O2/c24-19-11-16(23(32)29-8-1-2-9-29)6-7-20(19)27-22(31)21-12-17(14-26)28-30(21)18-5-3-4-15(10-18)13-25/h3-7,10-12H,1-2,8-9,13,25H2,(H,27,31). The molecular weight excluding hydrogens is 411 g/mol. The lowest BCUT2D eigenvalue weighted by molar-refractivity contribution is 0.0792. The van der Waals surface area contributed by atoms with Crippen LogP contribution in [0.15, 0.2) is 48.5 Å². The molecule has 2 heterocycles. The van der Waals surface area contributed by atoms with Gasteiger partial charge in [0.2, 0.25) is 0 Å². The minimum Gasteiger partial charge on any atom is -0.339 e. The number of likely N-dealkylation sites (tertiary alicyclic amines) is 1. The van der Waals surface area contributed by atoms with E-state index in [0.717, 1.165) is 24.5 Å². The van der Waals surface area contributed by atoms with Crippen LogP contribution >= 0.6 is 0 Å². The average molecular weight is 432 g/mol. The van der Waals surface area contributed by atoms with Gasteiger partial charge < -0.3 is 16.0 Å². The number of anilines is 1. The summed E-state index contributed by atoms with van der Waals surface area (Å²) in [4.78, 5) is 27.1. The Labute approximate surface area is 184 Å². The van der Waals surface area contributed by atoms with Crippen molar-refractivity contribution < 1.29 is 14.0 Å². The first-order chi connectivity index (χ1) is 15.5. The summed E-state index contributed by atoms with van der Waals surface area (Å²) in [6.45, 7) is 1.63. The second-order valence-corrected chi connectivity index (χ2v) is 7.46. The number of benzene rings is 2. The lowest BCUT2D eigenvalue weighted by Crippen LogP contribution is -2.27. The number of carbonyl (C=O) groups is 2. The molecule has 0 unspecified atom stereocenters. The molecule has 0 bridgehead atoms. The molecule has 8 nitrogen and oxygen atoms in total. The monoisotopic (exact) mass is 432 g/mol. The van der Waals surface area contributed by atoms with Crippen molar-refractivity contribution >= 4 is 17.5 Å². The molecule has 0 radical (unpaired) electrons. The number of hydrogen-bond acceptors (Lipinski definition) is 5. The highest BCUT2D eigenvalue weighted by molar-refractivity contribution is 6.04. The van der Waals surface area contributed by atoms with E-state index in [1.54, 1.807) is 23.1 Å². The Balaban J connectivity index is 1.59. The van der Waals surface area contributed by atoms with Gasteiger partial charge in [0.1, 0.15) is 17.6 Å². The second kappa shape index (κ2) is 8.99. The summed E-state index contributed by atoms with van der Waals surface area (Å²) in [6.07, 6.45) is 1.88. The van der Waals surface area contributed by atoms with Gasteiger partial charge in [-0.2, -0.15) is 10.4 Å². The topological polar surface area (TPSA) is 117 Å². The van der Waals surface area contributed by atoms with Crippen LogP contribution in [0.3, 0.4) is 0 Å². The van der Waals surface area contributed by atoms with Crippen molar-refractivity contribution in [1.82, 2.24) is 14.7 Å². The van der Waals surface area contributed by atoms with Crippen LogP contribution in [0.1, 0.15) is 44.9 Å². The molecule has 4 rings (SSSR count). The maximum absolute atomic E-state index is 14.7. The Morgan fingerprint density at radius 1 is 1.16 bits per heavy atom. The average Bonchev–Trinajstić information content (AvgIpc) is 3.50. The molecule has 162 valence electrons. The van der Waals surface area contributed by atoms with Gasteiger partial charge in [0.25, 0.3) is 11.8 Å². The Bertz CT molecular complexity index is 1220. The van der Waals surface area contributed by atoms with Crippen molar-refractivity contribution in [2.75, 3.05) is 18.4 Å². The lowest BCUT2D eigenvalue weighted by atomic mass is 10.1. The maximum atomic E-state index is 14.7. The molecule has 32 heavy (non-hydrogen) atoms. The fraction of sp³-hybridized carbons (Fsp3) is 0.217. The van der Waals surface area contributed by atoms with Crippen LogP contribution in [-0.2, 0) is 6.54 Å². The van der Waals surface area contributed by atoms with Crippen molar-refractivity contribution in [3.63, 3.8) is 0 Å². The zero-order valence-corrected chi connectivity index (χ0v) is 17.2. The molecule has 1 fully saturated rings. The van der Waals surface area contributed by atoms with Gasteiger partial charge in [0.05, 0.1) is 11.4 Å². The molecule has 9 heteroatoms. The highest BCUT2D eigenvalue weighted by Crippen LogP contribution is 2.21. The Kier molecular flexibility index (Phi) is 5.96. The fourth-order valence-electron chi connectivity index (χ4n) is 3.65. The van der Waals surface area contributed by atoms with E-state index in [2.05, 4.69) is 10.4 Å². The van der Waals surface area contributed by atoms with Crippen molar-refractivity contribution in [3.8, 4) is 11.8 Å². The van der Waals surface area contributed by atoms with E-state index in [1.807, 2.05) is 12.1 Å². The van der Waals surface area contributed by atoms with Crippen molar-refractivity contribution in [3.05, 3.63) is 76.9 Å². The molecule has 3 aromatic rings. The Morgan fingerprint density at radius 3 is 2.62 bits per heavy atom. The quantitative estimate of drug-likeness (QED) is 0.643. The number of nitrogens with two attached hydrogens (primary N) is 1. The second-order valence-electron chi connectivity index (χ2n) is 7.46. The molecule has 2 aromatic carbocycles. The largest absolute Gasteiger partial charge is 0.339 e. The summed E-state index contributed by atoms with van der Waals surface area (Å²) >= 11 is 0. The summed E-state index contributed by atoms with van der Waals surface area (Å²) < 4.78 is 16.0. The van der Waals surface area contributed by atoms with Gasteiger partial charge in [-0.25, -0.2) is 9.07 Å². The number of aromatic nitrogens is 2. The SMILES string of the molecule is N#Cc1cc(C(=O)Nc2ccc(C(=O)N3CCCC3)cc2F)n(-c2cccc(CN)c2)n1. The van der Waals surface area contributed by atoms with Crippen LogP contribution in [0.5, 0.6) is 0 Å². The summed E-state index contributed by atoms with van der Waals surface area (Å²) in [7, 11) is 0. The van der Waals surface area contributed by atoms with Crippen LogP contribution in [-0.4, -0.2) is 39.6 Å². The third-order valence-electron chi connectivity index (χ3n) is 5.30. The number of rotatable bonds is 5. The van der Waals surface area contributed by atoms with Crippen LogP contribution in [0.2, 0.25) is 0 Å². The first-order valence-electron chi connectivity index (χ1n) is 10.2. The van der Waals surface area contributed by atoms with E-state index in [9.17, 15) is 19.2 Å². The lowest BCUT2D eigenvalue weighted by Gasteiger charge is -2.16. The summed E-state index contributed by atoms with van der Waals surface area (Å²) in [5, 5.41) is 15.9. The molecule has 0 spiro atoms. The van der Waals surface area contributed by atoms with Gasteiger partial charge in [-0.3, -0.25) is 9.59 Å². The van der Waals surface area contributed by atoms with Crippen molar-refractivity contribution in [1.29, 1.82) is 5.26 Å². The molecule has 0 aliphatic carbocycles. The van der Waals surface area contributed by atoms with Crippen LogP contribution < -0.4 is 11.1 Å². The smallest absolute Gasteiger partial charge is 0.274 e. The Morgan fingerprint density at radius 2 is 1.94 bits per heavy atom. The minimum atomic E-state index is -0.722. The number of nitriles is 1. The molecule has 1 aromatic heterocycles. The van der Waals surface area contributed by atoms with Crippen LogP contribution in [0.25, 0.3) is 5.69 Å². The van der Waals surface area contributed by atoms with Crippen molar-refractivity contribution in [2.45, 2.75) is 19.4 Å². The maximum Gasteiger partial charge on any atom is 0.274 e. The van der Waals surface area contributed by atoms with Gasteiger partial charge in [-0.1, -0.05) is 12.1 Å². The minimum absolute atomic E-state index is 0.0420. The number of nitrogens with one attached hydrogen (secondary N) is 1. The molecule has 1 saturated heterocycles. The van der Waals surface area contributed by atoms with Gasteiger partial charge in [0.15, 0.2) is 5.69 Å². The number of hydrogen-bond donors (Lipinski definition) is 2.